The molecule has 1 N–H and O–H groups in total. The fraction of sp³-hybridized carbons (Fsp3) is 0.250. The number of aromatic nitrogens is 1. The van der Waals surface area contributed by atoms with E-state index in [1.807, 2.05) is 12.4 Å². The van der Waals surface area contributed by atoms with E-state index >= 15 is 0 Å². The monoisotopic (exact) mass is 297 g/mol. The molecule has 0 saturated carbocycles. The molecule has 2 rings (SSSR count). The van der Waals surface area contributed by atoms with Crippen molar-refractivity contribution in [2.24, 2.45) is 0 Å². The lowest BCUT2D eigenvalue weighted by Crippen LogP contribution is -2.22. The number of benzene rings is 1. The van der Waals surface area contributed by atoms with E-state index in [2.05, 4.69) is 10.3 Å². The third kappa shape index (κ3) is 2.78. The van der Waals surface area contributed by atoms with Crippen LogP contribution in [0, 0.1) is 0 Å². The van der Waals surface area contributed by atoms with Crippen LogP contribution in [0.15, 0.2) is 34.5 Å². The van der Waals surface area contributed by atoms with Crippen LogP contribution in [0.2, 0.25) is 0 Å². The Balaban J connectivity index is 2.33. The molecule has 0 spiro atoms. The van der Waals surface area contributed by atoms with Crippen molar-refractivity contribution in [3.63, 3.8) is 0 Å². The van der Waals surface area contributed by atoms with E-state index in [1.165, 1.54) is 29.7 Å². The van der Waals surface area contributed by atoms with Crippen molar-refractivity contribution in [2.45, 2.75) is 4.90 Å². The van der Waals surface area contributed by atoms with Gasteiger partial charge in [0.2, 0.25) is 10.0 Å². The largest absolute Gasteiger partial charge is 0.365 e. The second-order valence-electron chi connectivity index (χ2n) is 4.10. The smallest absolute Gasteiger partial charge is 0.242 e. The fourth-order valence-electron chi connectivity index (χ4n) is 1.53. The fourth-order valence-corrected chi connectivity index (χ4v) is 3.11. The molecule has 0 bridgehead atoms. The minimum absolute atomic E-state index is 0.283. The first kappa shape index (κ1) is 14.0. The Morgan fingerprint density at radius 2 is 1.84 bits per heavy atom. The first-order chi connectivity index (χ1) is 8.95. The second kappa shape index (κ2) is 5.28. The Bertz CT molecular complexity index is 661. The highest BCUT2D eigenvalue weighted by atomic mass is 32.2. The summed E-state index contributed by atoms with van der Waals surface area (Å²) in [7, 11) is 1.48. The summed E-state index contributed by atoms with van der Waals surface area (Å²) >= 11 is 1.51. The van der Waals surface area contributed by atoms with Crippen molar-refractivity contribution in [1.29, 1.82) is 0 Å². The Hall–Kier alpha value is -1.44. The van der Waals surface area contributed by atoms with Crippen LogP contribution in [0.1, 0.15) is 0 Å². The number of sulfonamides is 1. The van der Waals surface area contributed by atoms with Crippen molar-refractivity contribution in [1.82, 2.24) is 9.29 Å². The summed E-state index contributed by atoms with van der Waals surface area (Å²) < 4.78 is 25.1. The van der Waals surface area contributed by atoms with Gasteiger partial charge in [-0.15, -0.1) is 11.3 Å². The molecule has 0 amide bonds. The van der Waals surface area contributed by atoms with Crippen molar-refractivity contribution in [3.05, 3.63) is 29.6 Å². The van der Waals surface area contributed by atoms with E-state index in [0.29, 0.717) is 0 Å². The molecule has 0 atom stereocenters. The highest BCUT2D eigenvalue weighted by Gasteiger charge is 2.16. The molecule has 0 unspecified atom stereocenters. The van der Waals surface area contributed by atoms with Gasteiger partial charge in [-0.05, 0) is 12.1 Å². The summed E-state index contributed by atoms with van der Waals surface area (Å²) in [5, 5.41) is 5.74. The summed E-state index contributed by atoms with van der Waals surface area (Å²) in [6.07, 6.45) is 0. The van der Waals surface area contributed by atoms with Crippen LogP contribution in [0.3, 0.4) is 0 Å². The van der Waals surface area contributed by atoms with Crippen LogP contribution in [-0.2, 0) is 10.0 Å². The predicted octanol–water partition coefficient (Wildman–Crippen LogP) is 2.10. The van der Waals surface area contributed by atoms with E-state index in [4.69, 9.17) is 0 Å². The highest BCUT2D eigenvalue weighted by Crippen LogP contribution is 2.25. The van der Waals surface area contributed by atoms with Crippen LogP contribution in [0.4, 0.5) is 5.13 Å². The Labute approximate surface area is 117 Å². The Kier molecular flexibility index (Phi) is 3.88. The molecule has 0 radical (unpaired) electrons. The van der Waals surface area contributed by atoms with E-state index in [-0.39, 0.29) is 4.90 Å². The molecule has 0 fully saturated rings. The summed E-state index contributed by atoms with van der Waals surface area (Å²) in [6.45, 7) is 0. The summed E-state index contributed by atoms with van der Waals surface area (Å²) in [5.74, 6) is 0. The molecular weight excluding hydrogens is 282 g/mol. The topological polar surface area (TPSA) is 62.3 Å². The second-order valence-corrected chi connectivity index (χ2v) is 7.11. The van der Waals surface area contributed by atoms with Gasteiger partial charge < -0.3 is 5.32 Å². The van der Waals surface area contributed by atoms with E-state index < -0.39 is 10.0 Å². The number of hydrogen-bond acceptors (Lipinski definition) is 5. The molecule has 2 aromatic rings. The average Bonchev–Trinajstić information content (AvgIpc) is 2.87. The van der Waals surface area contributed by atoms with Gasteiger partial charge in [0, 0.05) is 32.1 Å². The molecule has 0 aliphatic carbocycles. The van der Waals surface area contributed by atoms with Crippen molar-refractivity contribution >= 4 is 26.5 Å². The number of nitrogens with one attached hydrogen (secondary N) is 1. The molecule has 0 aliphatic heterocycles. The number of anilines is 1. The molecule has 5 nitrogen and oxygen atoms in total. The summed E-state index contributed by atoms with van der Waals surface area (Å²) in [6, 6.07) is 6.74. The number of nitrogens with zero attached hydrogens (tertiary/aromatic N) is 2. The zero-order valence-electron chi connectivity index (χ0n) is 10.9. The third-order valence-electron chi connectivity index (χ3n) is 2.65. The van der Waals surface area contributed by atoms with Crippen LogP contribution < -0.4 is 5.32 Å². The molecule has 0 aliphatic rings. The molecule has 102 valence electrons. The van der Waals surface area contributed by atoms with Gasteiger partial charge in [0.25, 0.3) is 0 Å². The molecule has 1 aromatic carbocycles. The van der Waals surface area contributed by atoms with Gasteiger partial charge in [-0.3, -0.25) is 0 Å². The Morgan fingerprint density at radius 1 is 1.21 bits per heavy atom. The molecule has 1 aromatic heterocycles. The SMILES string of the molecule is CNc1nc(-c2ccc(S(=O)(=O)N(C)C)cc2)cs1. The van der Waals surface area contributed by atoms with Crippen LogP contribution in [-0.4, -0.2) is 38.9 Å². The van der Waals surface area contributed by atoms with Crippen LogP contribution in [0.5, 0.6) is 0 Å². The van der Waals surface area contributed by atoms with Gasteiger partial charge in [-0.25, -0.2) is 17.7 Å². The lowest BCUT2D eigenvalue weighted by Gasteiger charge is -2.11. The molecule has 19 heavy (non-hydrogen) atoms. The lowest BCUT2D eigenvalue weighted by atomic mass is 10.2. The molecule has 7 heteroatoms. The standard InChI is InChI=1S/C12H15N3O2S2/c1-13-12-14-11(8-18-12)9-4-6-10(7-5-9)19(16,17)15(2)3/h4-8H,1-3H3,(H,13,14). The first-order valence-electron chi connectivity index (χ1n) is 5.61. The Morgan fingerprint density at radius 3 is 2.32 bits per heavy atom. The molecule has 0 saturated heterocycles. The molecular formula is C12H15N3O2S2. The normalized spacial score (nSPS) is 11.8. The van der Waals surface area contributed by atoms with Crippen LogP contribution >= 0.6 is 11.3 Å². The third-order valence-corrected chi connectivity index (χ3v) is 5.34. The van der Waals surface area contributed by atoms with E-state index in [0.717, 1.165) is 16.4 Å². The maximum absolute atomic E-state index is 11.9. The number of thiazole rings is 1. The van der Waals surface area contributed by atoms with Crippen molar-refractivity contribution in [3.8, 4) is 11.3 Å². The predicted molar refractivity (Wildman–Crippen MR) is 78.0 cm³/mol. The maximum Gasteiger partial charge on any atom is 0.242 e. The molecule has 1 heterocycles. The van der Waals surface area contributed by atoms with Gasteiger partial charge in [0.05, 0.1) is 10.6 Å². The minimum atomic E-state index is -3.37. The first-order valence-corrected chi connectivity index (χ1v) is 7.93. The van der Waals surface area contributed by atoms with Crippen molar-refractivity contribution in [2.75, 3.05) is 26.5 Å². The minimum Gasteiger partial charge on any atom is -0.365 e. The van der Waals surface area contributed by atoms with Crippen LogP contribution in [0.25, 0.3) is 11.3 Å². The zero-order chi connectivity index (χ0) is 14.0. The number of rotatable bonds is 4. The summed E-state index contributed by atoms with van der Waals surface area (Å²) in [5.41, 5.74) is 1.73. The van der Waals surface area contributed by atoms with E-state index in [9.17, 15) is 8.42 Å². The lowest BCUT2D eigenvalue weighted by molar-refractivity contribution is 0.521. The van der Waals surface area contributed by atoms with Gasteiger partial charge in [-0.2, -0.15) is 0 Å². The highest BCUT2D eigenvalue weighted by molar-refractivity contribution is 7.89. The zero-order valence-corrected chi connectivity index (χ0v) is 12.5. The van der Waals surface area contributed by atoms with E-state index in [1.54, 1.807) is 24.3 Å². The quantitative estimate of drug-likeness (QED) is 0.939. The maximum atomic E-state index is 11.9. The summed E-state index contributed by atoms with van der Waals surface area (Å²) in [4.78, 5) is 4.66. The van der Waals surface area contributed by atoms with Gasteiger partial charge in [0.15, 0.2) is 5.13 Å². The van der Waals surface area contributed by atoms with Gasteiger partial charge in [-0.1, -0.05) is 12.1 Å². The average molecular weight is 297 g/mol. The number of hydrogen-bond donors (Lipinski definition) is 1. The van der Waals surface area contributed by atoms with Gasteiger partial charge >= 0.3 is 0 Å². The van der Waals surface area contributed by atoms with Crippen molar-refractivity contribution < 1.29 is 8.42 Å². The van der Waals surface area contributed by atoms with Gasteiger partial charge in [0.1, 0.15) is 0 Å².